The summed E-state index contributed by atoms with van der Waals surface area (Å²) in [6, 6.07) is 8.23. The Bertz CT molecular complexity index is 521. The molecule has 0 radical (unpaired) electrons. The van der Waals surface area contributed by atoms with E-state index in [-0.39, 0.29) is 0 Å². The predicted molar refractivity (Wildman–Crippen MR) is 99.2 cm³/mol. The second-order valence-corrected chi connectivity index (χ2v) is 6.00. The summed E-state index contributed by atoms with van der Waals surface area (Å²) in [5.74, 6) is 2.41. The molecule has 2 N–H and O–H groups in total. The molecule has 6 heteroatoms. The van der Waals surface area contributed by atoms with Crippen LogP contribution in [0.2, 0.25) is 0 Å². The van der Waals surface area contributed by atoms with Crippen molar-refractivity contribution in [2.45, 2.75) is 12.8 Å². The number of guanidine groups is 1. The first-order chi connectivity index (χ1) is 11.8. The average Bonchev–Trinajstić information content (AvgIpc) is 3.10. The Kier molecular flexibility index (Phi) is 7.68. The molecule has 0 saturated carbocycles. The van der Waals surface area contributed by atoms with E-state index in [2.05, 4.69) is 32.7 Å². The van der Waals surface area contributed by atoms with Crippen LogP contribution in [0.1, 0.15) is 12.8 Å². The number of ether oxygens (including phenoxy) is 2. The van der Waals surface area contributed by atoms with Gasteiger partial charge in [-0.1, -0.05) is 12.1 Å². The highest BCUT2D eigenvalue weighted by Crippen LogP contribution is 2.31. The average molecular weight is 334 g/mol. The van der Waals surface area contributed by atoms with Crippen molar-refractivity contribution in [3.63, 3.8) is 0 Å². The SMILES string of the molecule is CN=C(NCCCOC)NCC1CCN(c2ccccc2OC)C1. The zero-order chi connectivity index (χ0) is 17.2. The Morgan fingerprint density at radius 1 is 1.29 bits per heavy atom. The van der Waals surface area contributed by atoms with Gasteiger partial charge in [-0.3, -0.25) is 4.99 Å². The number of para-hydroxylation sites is 2. The van der Waals surface area contributed by atoms with Gasteiger partial charge in [-0.15, -0.1) is 0 Å². The normalized spacial score (nSPS) is 17.9. The number of anilines is 1. The molecule has 1 fully saturated rings. The van der Waals surface area contributed by atoms with Crippen LogP contribution in [-0.4, -0.2) is 60.0 Å². The van der Waals surface area contributed by atoms with E-state index in [1.165, 1.54) is 12.1 Å². The van der Waals surface area contributed by atoms with Crippen molar-refractivity contribution in [2.24, 2.45) is 10.9 Å². The number of nitrogens with zero attached hydrogens (tertiary/aromatic N) is 2. The summed E-state index contributed by atoms with van der Waals surface area (Å²) < 4.78 is 10.5. The van der Waals surface area contributed by atoms with Gasteiger partial charge < -0.3 is 25.0 Å². The fourth-order valence-corrected chi connectivity index (χ4v) is 2.99. The maximum Gasteiger partial charge on any atom is 0.190 e. The van der Waals surface area contributed by atoms with E-state index in [0.717, 1.165) is 50.9 Å². The van der Waals surface area contributed by atoms with Gasteiger partial charge in [0.2, 0.25) is 0 Å². The third-order valence-corrected chi connectivity index (χ3v) is 4.31. The highest BCUT2D eigenvalue weighted by Gasteiger charge is 2.24. The van der Waals surface area contributed by atoms with Crippen LogP contribution in [0.25, 0.3) is 0 Å². The molecule has 1 aliphatic heterocycles. The molecular weight excluding hydrogens is 304 g/mol. The Morgan fingerprint density at radius 3 is 2.88 bits per heavy atom. The molecule has 1 saturated heterocycles. The molecule has 1 atom stereocenters. The fourth-order valence-electron chi connectivity index (χ4n) is 2.99. The molecule has 24 heavy (non-hydrogen) atoms. The number of nitrogens with one attached hydrogen (secondary N) is 2. The second kappa shape index (κ2) is 10.0. The van der Waals surface area contributed by atoms with Crippen molar-refractivity contribution in [3.8, 4) is 5.75 Å². The van der Waals surface area contributed by atoms with Crippen molar-refractivity contribution in [3.05, 3.63) is 24.3 Å². The van der Waals surface area contributed by atoms with Crippen LogP contribution in [0.5, 0.6) is 5.75 Å². The standard InChI is InChI=1S/C18H30N4O2/c1-19-18(20-10-6-12-23-2)21-13-15-9-11-22(14-15)16-7-4-5-8-17(16)24-3/h4-5,7-8,15H,6,9-14H2,1-3H3,(H2,19,20,21). The van der Waals surface area contributed by atoms with Crippen molar-refractivity contribution in [2.75, 3.05) is 59.0 Å². The summed E-state index contributed by atoms with van der Waals surface area (Å²) >= 11 is 0. The van der Waals surface area contributed by atoms with Gasteiger partial charge in [0.05, 0.1) is 12.8 Å². The first kappa shape index (κ1) is 18.4. The lowest BCUT2D eigenvalue weighted by Crippen LogP contribution is -2.40. The topological polar surface area (TPSA) is 58.1 Å². The lowest BCUT2D eigenvalue weighted by molar-refractivity contribution is 0.195. The van der Waals surface area contributed by atoms with Gasteiger partial charge in [-0.25, -0.2) is 0 Å². The summed E-state index contributed by atoms with van der Waals surface area (Å²) in [7, 11) is 5.26. The first-order valence-corrected chi connectivity index (χ1v) is 8.60. The maximum absolute atomic E-state index is 5.48. The van der Waals surface area contributed by atoms with Gasteiger partial charge in [-0.05, 0) is 30.9 Å². The van der Waals surface area contributed by atoms with Crippen LogP contribution in [-0.2, 0) is 4.74 Å². The largest absolute Gasteiger partial charge is 0.495 e. The number of hydrogen-bond acceptors (Lipinski definition) is 4. The third kappa shape index (κ3) is 5.30. The zero-order valence-electron chi connectivity index (χ0n) is 15.0. The van der Waals surface area contributed by atoms with E-state index < -0.39 is 0 Å². The van der Waals surface area contributed by atoms with Gasteiger partial charge in [-0.2, -0.15) is 0 Å². The molecule has 0 amide bonds. The monoisotopic (exact) mass is 334 g/mol. The lowest BCUT2D eigenvalue weighted by atomic mass is 10.1. The number of hydrogen-bond donors (Lipinski definition) is 2. The minimum absolute atomic E-state index is 0.604. The number of aliphatic imine (C=N–C) groups is 1. The van der Waals surface area contributed by atoms with Crippen molar-refractivity contribution in [1.29, 1.82) is 0 Å². The van der Waals surface area contributed by atoms with Crippen molar-refractivity contribution < 1.29 is 9.47 Å². The smallest absolute Gasteiger partial charge is 0.190 e. The van der Waals surface area contributed by atoms with Crippen LogP contribution < -0.4 is 20.3 Å². The Hall–Kier alpha value is -1.95. The number of methoxy groups -OCH3 is 2. The fraction of sp³-hybridized carbons (Fsp3) is 0.611. The minimum Gasteiger partial charge on any atom is -0.495 e. The Morgan fingerprint density at radius 2 is 2.12 bits per heavy atom. The van der Waals surface area contributed by atoms with E-state index >= 15 is 0 Å². The number of rotatable bonds is 8. The van der Waals surface area contributed by atoms with Crippen LogP contribution in [0.4, 0.5) is 5.69 Å². The second-order valence-electron chi connectivity index (χ2n) is 6.00. The molecule has 1 aromatic carbocycles. The zero-order valence-corrected chi connectivity index (χ0v) is 15.0. The number of benzene rings is 1. The van der Waals surface area contributed by atoms with Gasteiger partial charge in [0.1, 0.15) is 5.75 Å². The van der Waals surface area contributed by atoms with E-state index in [9.17, 15) is 0 Å². The molecule has 1 aliphatic rings. The van der Waals surface area contributed by atoms with Crippen LogP contribution >= 0.6 is 0 Å². The Labute approximate surface area is 145 Å². The molecule has 134 valence electrons. The molecule has 0 bridgehead atoms. The molecule has 1 aromatic rings. The lowest BCUT2D eigenvalue weighted by Gasteiger charge is -2.21. The molecular formula is C18H30N4O2. The maximum atomic E-state index is 5.48. The molecule has 0 spiro atoms. The minimum atomic E-state index is 0.604. The summed E-state index contributed by atoms with van der Waals surface area (Å²) in [5.41, 5.74) is 1.18. The van der Waals surface area contributed by atoms with E-state index in [0.29, 0.717) is 5.92 Å². The van der Waals surface area contributed by atoms with Gasteiger partial charge >= 0.3 is 0 Å². The van der Waals surface area contributed by atoms with Crippen LogP contribution in [0.3, 0.4) is 0 Å². The molecule has 6 nitrogen and oxygen atoms in total. The summed E-state index contributed by atoms with van der Waals surface area (Å²) in [5, 5.41) is 6.74. The first-order valence-electron chi connectivity index (χ1n) is 8.60. The van der Waals surface area contributed by atoms with E-state index in [4.69, 9.17) is 9.47 Å². The van der Waals surface area contributed by atoms with Crippen molar-refractivity contribution >= 4 is 11.6 Å². The Balaban J connectivity index is 1.77. The van der Waals surface area contributed by atoms with Gasteiger partial charge in [0.15, 0.2) is 5.96 Å². The predicted octanol–water partition coefficient (Wildman–Crippen LogP) is 1.72. The highest BCUT2D eigenvalue weighted by atomic mass is 16.5. The highest BCUT2D eigenvalue weighted by molar-refractivity contribution is 5.79. The molecule has 2 rings (SSSR count). The summed E-state index contributed by atoms with van der Waals surface area (Å²) in [4.78, 5) is 6.67. The summed E-state index contributed by atoms with van der Waals surface area (Å²) in [6.07, 6.45) is 2.15. The van der Waals surface area contributed by atoms with E-state index in [1.807, 2.05) is 12.1 Å². The van der Waals surface area contributed by atoms with Crippen molar-refractivity contribution in [1.82, 2.24) is 10.6 Å². The van der Waals surface area contributed by atoms with Gasteiger partial charge in [0.25, 0.3) is 0 Å². The third-order valence-electron chi connectivity index (χ3n) is 4.31. The summed E-state index contributed by atoms with van der Waals surface area (Å²) in [6.45, 7) is 4.65. The van der Waals surface area contributed by atoms with Crippen LogP contribution in [0, 0.1) is 5.92 Å². The molecule has 0 aliphatic carbocycles. The quantitative estimate of drug-likeness (QED) is 0.431. The molecule has 1 heterocycles. The van der Waals surface area contributed by atoms with Gasteiger partial charge in [0, 0.05) is 46.9 Å². The van der Waals surface area contributed by atoms with Crippen LogP contribution in [0.15, 0.2) is 29.3 Å². The molecule has 0 aromatic heterocycles. The molecule has 1 unspecified atom stereocenters. The van der Waals surface area contributed by atoms with E-state index in [1.54, 1.807) is 21.3 Å².